The van der Waals surface area contributed by atoms with Gasteiger partial charge in [0.2, 0.25) is 5.91 Å². The number of anilines is 1. The van der Waals surface area contributed by atoms with Crippen molar-refractivity contribution in [2.24, 2.45) is 5.92 Å². The van der Waals surface area contributed by atoms with Gasteiger partial charge in [0.1, 0.15) is 5.82 Å². The van der Waals surface area contributed by atoms with E-state index < -0.39 is 23.2 Å². The number of hydrogen-bond acceptors (Lipinski definition) is 4. The molecule has 5 rings (SSSR count). The van der Waals surface area contributed by atoms with Crippen molar-refractivity contribution in [2.75, 3.05) is 11.9 Å². The molecule has 2 aliphatic heterocycles. The Bertz CT molecular complexity index is 1120. The normalized spacial score (nSPS) is 31.0. The third-order valence-corrected chi connectivity index (χ3v) is 8.08. The summed E-state index contributed by atoms with van der Waals surface area (Å²) in [6, 6.07) is 9.14. The summed E-state index contributed by atoms with van der Waals surface area (Å²) in [5, 5.41) is 16.4. The van der Waals surface area contributed by atoms with Gasteiger partial charge in [0, 0.05) is 29.6 Å². The zero-order chi connectivity index (χ0) is 23.3. The second-order valence-corrected chi connectivity index (χ2v) is 10.3. The molecule has 5 nitrogen and oxygen atoms in total. The van der Waals surface area contributed by atoms with Crippen molar-refractivity contribution in [3.63, 3.8) is 0 Å². The van der Waals surface area contributed by atoms with Crippen molar-refractivity contribution in [2.45, 2.75) is 55.6 Å². The van der Waals surface area contributed by atoms with Crippen molar-refractivity contribution >= 4 is 40.6 Å². The summed E-state index contributed by atoms with van der Waals surface area (Å²) in [4.78, 5) is 27.0. The van der Waals surface area contributed by atoms with Gasteiger partial charge in [0.05, 0.1) is 22.6 Å². The van der Waals surface area contributed by atoms with Gasteiger partial charge in [-0.3, -0.25) is 9.59 Å². The van der Waals surface area contributed by atoms with E-state index in [2.05, 4.69) is 10.6 Å². The molecule has 1 saturated heterocycles. The second-order valence-electron chi connectivity index (χ2n) is 9.44. The van der Waals surface area contributed by atoms with E-state index in [-0.39, 0.29) is 40.8 Å². The van der Waals surface area contributed by atoms with E-state index in [9.17, 15) is 14.7 Å². The van der Waals surface area contributed by atoms with E-state index >= 15 is 4.39 Å². The Morgan fingerprint density at radius 1 is 1.15 bits per heavy atom. The van der Waals surface area contributed by atoms with Crippen molar-refractivity contribution in [3.8, 4) is 0 Å². The van der Waals surface area contributed by atoms with Gasteiger partial charge in [-0.1, -0.05) is 41.4 Å². The third-order valence-electron chi connectivity index (χ3n) is 7.55. The number of carbonyl (C=O) groups is 2. The van der Waals surface area contributed by atoms with Crippen LogP contribution in [0.2, 0.25) is 10.0 Å². The van der Waals surface area contributed by atoms with Gasteiger partial charge in [-0.15, -0.1) is 0 Å². The van der Waals surface area contributed by atoms with Crippen LogP contribution in [0.1, 0.15) is 49.1 Å². The molecule has 0 unspecified atom stereocenters. The van der Waals surface area contributed by atoms with E-state index in [0.29, 0.717) is 35.5 Å². The Labute approximate surface area is 201 Å². The van der Waals surface area contributed by atoms with Gasteiger partial charge in [-0.2, -0.15) is 0 Å². The van der Waals surface area contributed by atoms with Crippen molar-refractivity contribution in [1.29, 1.82) is 0 Å². The molecule has 0 radical (unpaired) electrons. The van der Waals surface area contributed by atoms with Gasteiger partial charge in [0.15, 0.2) is 5.78 Å². The average Bonchev–Trinajstić information content (AvgIpc) is 3.30. The molecule has 3 atom stereocenters. The first-order valence-electron chi connectivity index (χ1n) is 11.3. The molecule has 2 aromatic carbocycles. The smallest absolute Gasteiger partial charge is 0.237 e. The Morgan fingerprint density at radius 2 is 1.91 bits per heavy atom. The Kier molecular flexibility index (Phi) is 5.98. The van der Waals surface area contributed by atoms with Crippen LogP contribution in [0, 0.1) is 11.7 Å². The maximum absolute atomic E-state index is 15.3. The van der Waals surface area contributed by atoms with Crippen LogP contribution in [-0.4, -0.2) is 35.5 Å². The number of benzene rings is 2. The summed E-state index contributed by atoms with van der Waals surface area (Å²) in [5.41, 5.74) is 0.373. The summed E-state index contributed by atoms with van der Waals surface area (Å²) in [7, 11) is 0. The van der Waals surface area contributed by atoms with Crippen molar-refractivity contribution < 1.29 is 19.1 Å². The molecule has 1 aliphatic carbocycles. The van der Waals surface area contributed by atoms with Crippen LogP contribution in [0.4, 0.5) is 10.1 Å². The van der Waals surface area contributed by atoms with E-state index in [1.165, 1.54) is 6.07 Å². The molecule has 174 valence electrons. The zero-order valence-electron chi connectivity index (χ0n) is 17.9. The van der Waals surface area contributed by atoms with Crippen LogP contribution in [0.15, 0.2) is 36.4 Å². The molecule has 8 heteroatoms. The molecule has 1 spiro atoms. The van der Waals surface area contributed by atoms with Crippen LogP contribution < -0.4 is 10.6 Å². The van der Waals surface area contributed by atoms with Gasteiger partial charge in [0.25, 0.3) is 0 Å². The lowest BCUT2D eigenvalue weighted by Crippen LogP contribution is -2.43. The maximum atomic E-state index is 15.3. The number of carbonyl (C=O) groups excluding carboxylic acids is 2. The SMILES string of the molecule is O=C(CC1CCC(O)CC1)[C@@H]1NC[C@@]2(C(=O)Nc3cc(Cl)ccc32)[C@H]1c1cccc(Cl)c1F. The molecular weight excluding hydrogens is 466 g/mol. The van der Waals surface area contributed by atoms with Gasteiger partial charge in [-0.25, -0.2) is 4.39 Å². The monoisotopic (exact) mass is 490 g/mol. The quantitative estimate of drug-likeness (QED) is 0.585. The fourth-order valence-corrected chi connectivity index (χ4v) is 6.25. The van der Waals surface area contributed by atoms with Gasteiger partial charge < -0.3 is 15.7 Å². The number of hydrogen-bond donors (Lipinski definition) is 3. The number of rotatable bonds is 4. The number of halogens is 3. The second kappa shape index (κ2) is 8.66. The van der Waals surface area contributed by atoms with Crippen LogP contribution in [0.3, 0.4) is 0 Å². The molecule has 33 heavy (non-hydrogen) atoms. The molecule has 3 aliphatic rings. The summed E-state index contributed by atoms with van der Waals surface area (Å²) in [6.45, 7) is 0.198. The number of aliphatic hydroxyl groups is 1. The highest BCUT2D eigenvalue weighted by molar-refractivity contribution is 6.31. The standard InChI is InChI=1S/C25H25Cl2FN2O3/c26-14-6-9-17-19(11-14)30-24(33)25(17)12-29-23(20(32)10-13-4-7-15(31)8-5-13)21(25)16-2-1-3-18(27)22(16)28/h1-3,6,9,11,13,15,21,23,29,31H,4-5,7-8,10,12H2,(H,30,33)/t13?,15?,21-,23-,25-/m0/s1. The number of aliphatic hydroxyl groups excluding tert-OH is 1. The van der Waals surface area contributed by atoms with Crippen LogP contribution in [0.25, 0.3) is 0 Å². The minimum atomic E-state index is -1.16. The largest absolute Gasteiger partial charge is 0.393 e. The number of nitrogens with one attached hydrogen (secondary N) is 2. The topological polar surface area (TPSA) is 78.4 Å². The molecule has 2 aromatic rings. The summed E-state index contributed by atoms with van der Waals surface area (Å²) < 4.78 is 15.3. The minimum absolute atomic E-state index is 0.0447. The Hall–Kier alpha value is -1.99. The fraction of sp³-hybridized carbons (Fsp3) is 0.440. The lowest BCUT2D eigenvalue weighted by molar-refractivity contribution is -0.123. The first kappa shape index (κ1) is 22.8. The number of fused-ring (bicyclic) bond motifs is 2. The highest BCUT2D eigenvalue weighted by Crippen LogP contribution is 2.53. The predicted molar refractivity (Wildman–Crippen MR) is 125 cm³/mol. The average molecular weight is 491 g/mol. The molecule has 1 saturated carbocycles. The van der Waals surface area contributed by atoms with Crippen molar-refractivity contribution in [3.05, 3.63) is 63.4 Å². The number of Topliss-reactive ketones (excluding diaryl/α,β-unsaturated/α-hetero) is 1. The van der Waals surface area contributed by atoms with Crippen molar-refractivity contribution in [1.82, 2.24) is 5.32 Å². The molecule has 0 aromatic heterocycles. The molecule has 3 N–H and O–H groups in total. The highest BCUT2D eigenvalue weighted by atomic mass is 35.5. The Balaban J connectivity index is 1.57. The summed E-state index contributed by atoms with van der Waals surface area (Å²) in [5.74, 6) is -1.53. The molecule has 1 amide bonds. The molecule has 2 heterocycles. The third kappa shape index (κ3) is 3.77. The van der Waals surface area contributed by atoms with Crippen LogP contribution in [0.5, 0.6) is 0 Å². The number of amides is 1. The van der Waals surface area contributed by atoms with E-state index in [4.69, 9.17) is 23.2 Å². The first-order valence-corrected chi connectivity index (χ1v) is 12.1. The fourth-order valence-electron chi connectivity index (χ4n) is 5.90. The molecular formula is C25H25Cl2FN2O3. The zero-order valence-corrected chi connectivity index (χ0v) is 19.4. The first-order chi connectivity index (χ1) is 15.8. The lowest BCUT2D eigenvalue weighted by atomic mass is 9.67. The summed E-state index contributed by atoms with van der Waals surface area (Å²) in [6.07, 6.45) is 2.95. The number of ketones is 1. The Morgan fingerprint density at radius 3 is 2.67 bits per heavy atom. The predicted octanol–water partition coefficient (Wildman–Crippen LogP) is 4.59. The van der Waals surface area contributed by atoms with Crippen LogP contribution >= 0.6 is 23.2 Å². The maximum Gasteiger partial charge on any atom is 0.237 e. The van der Waals surface area contributed by atoms with E-state index in [0.717, 1.165) is 12.8 Å². The minimum Gasteiger partial charge on any atom is -0.393 e. The molecule has 0 bridgehead atoms. The molecule has 2 fully saturated rings. The summed E-state index contributed by atoms with van der Waals surface area (Å²) >= 11 is 12.3. The van der Waals surface area contributed by atoms with Gasteiger partial charge >= 0.3 is 0 Å². The van der Waals surface area contributed by atoms with Crippen LogP contribution in [-0.2, 0) is 15.0 Å². The lowest BCUT2D eigenvalue weighted by Gasteiger charge is -2.32. The highest BCUT2D eigenvalue weighted by Gasteiger charge is 2.61. The van der Waals surface area contributed by atoms with Gasteiger partial charge in [-0.05, 0) is 60.9 Å². The van der Waals surface area contributed by atoms with E-state index in [1.54, 1.807) is 30.3 Å². The van der Waals surface area contributed by atoms with E-state index in [1.807, 2.05) is 0 Å².